The number of methoxy groups -OCH3 is 1. The number of hydrogen-bond acceptors (Lipinski definition) is 2. The molecule has 1 amide bonds. The van der Waals surface area contributed by atoms with Gasteiger partial charge in [0.05, 0.1) is 7.11 Å². The Hall–Kier alpha value is -1.51. The van der Waals surface area contributed by atoms with E-state index in [1.54, 1.807) is 0 Å². The van der Waals surface area contributed by atoms with Crippen molar-refractivity contribution in [2.24, 2.45) is 0 Å². The van der Waals surface area contributed by atoms with Crippen LogP contribution in [-0.2, 0) is 4.74 Å². The second-order valence-corrected chi connectivity index (χ2v) is 2.48. The predicted octanol–water partition coefficient (Wildman–Crippen LogP) is 3.20. The Balaban J connectivity index is 0.000000791. The van der Waals surface area contributed by atoms with Gasteiger partial charge in [0, 0.05) is 5.69 Å². The Morgan fingerprint density at radius 1 is 1.21 bits per heavy atom. The molecule has 1 aromatic rings. The maximum absolute atomic E-state index is 10.7. The third-order valence-electron chi connectivity index (χ3n) is 1.48. The summed E-state index contributed by atoms with van der Waals surface area (Å²) in [6.45, 7) is 5.99. The second kappa shape index (κ2) is 6.95. The summed E-state index contributed by atoms with van der Waals surface area (Å²) in [5.41, 5.74) is 1.90. The zero-order chi connectivity index (χ0) is 11.0. The van der Waals surface area contributed by atoms with Crippen molar-refractivity contribution >= 4 is 11.8 Å². The minimum Gasteiger partial charge on any atom is -0.453 e. The number of rotatable bonds is 1. The number of carbonyl (C=O) groups excluding carboxylic acids is 1. The highest BCUT2D eigenvalue weighted by Gasteiger charge is 1.97. The van der Waals surface area contributed by atoms with Crippen molar-refractivity contribution in [1.29, 1.82) is 0 Å². The topological polar surface area (TPSA) is 38.3 Å². The van der Waals surface area contributed by atoms with E-state index in [9.17, 15) is 4.79 Å². The van der Waals surface area contributed by atoms with Crippen LogP contribution in [0.4, 0.5) is 10.5 Å². The molecule has 1 aromatic carbocycles. The summed E-state index contributed by atoms with van der Waals surface area (Å²) in [5.74, 6) is 0. The van der Waals surface area contributed by atoms with Gasteiger partial charge in [-0.3, -0.25) is 5.32 Å². The highest BCUT2D eigenvalue weighted by Crippen LogP contribution is 2.08. The van der Waals surface area contributed by atoms with Crippen molar-refractivity contribution in [3.63, 3.8) is 0 Å². The van der Waals surface area contributed by atoms with E-state index < -0.39 is 6.09 Å². The maximum atomic E-state index is 10.7. The van der Waals surface area contributed by atoms with Gasteiger partial charge in [-0.05, 0) is 19.1 Å². The van der Waals surface area contributed by atoms with Crippen LogP contribution in [0.2, 0.25) is 0 Å². The maximum Gasteiger partial charge on any atom is 0.411 e. The van der Waals surface area contributed by atoms with Crippen LogP contribution >= 0.6 is 0 Å². The fourth-order valence-corrected chi connectivity index (χ4v) is 0.806. The molecule has 78 valence electrons. The Morgan fingerprint density at radius 2 is 1.71 bits per heavy atom. The van der Waals surface area contributed by atoms with Gasteiger partial charge in [-0.25, -0.2) is 4.79 Å². The van der Waals surface area contributed by atoms with Crippen molar-refractivity contribution in [2.45, 2.75) is 20.8 Å². The van der Waals surface area contributed by atoms with Gasteiger partial charge in [0.15, 0.2) is 0 Å². The Morgan fingerprint density at radius 3 is 2.14 bits per heavy atom. The Labute approximate surface area is 85.1 Å². The summed E-state index contributed by atoms with van der Waals surface area (Å²) in [7, 11) is 1.34. The molecule has 0 heterocycles. The molecule has 1 rings (SSSR count). The van der Waals surface area contributed by atoms with Crippen LogP contribution in [0.25, 0.3) is 0 Å². The SMILES string of the molecule is CC.COC(=O)Nc1ccc(C)cc1. The number of aryl methyl sites for hydroxylation is 1. The van der Waals surface area contributed by atoms with E-state index in [0.29, 0.717) is 0 Å². The van der Waals surface area contributed by atoms with Crippen LogP contribution in [-0.4, -0.2) is 13.2 Å². The first-order chi connectivity index (χ1) is 6.72. The second-order valence-electron chi connectivity index (χ2n) is 2.48. The lowest BCUT2D eigenvalue weighted by Gasteiger charge is -2.02. The highest BCUT2D eigenvalue weighted by atomic mass is 16.5. The fraction of sp³-hybridized carbons (Fsp3) is 0.364. The van der Waals surface area contributed by atoms with Gasteiger partial charge >= 0.3 is 6.09 Å². The molecule has 0 aliphatic heterocycles. The standard InChI is InChI=1S/C9H11NO2.C2H6/c1-7-3-5-8(6-4-7)10-9(11)12-2;1-2/h3-6H,1-2H3,(H,10,11);1-2H3. The van der Waals surface area contributed by atoms with Crippen LogP contribution in [0.15, 0.2) is 24.3 Å². The van der Waals surface area contributed by atoms with E-state index in [1.165, 1.54) is 7.11 Å². The van der Waals surface area contributed by atoms with Crippen LogP contribution in [0, 0.1) is 6.92 Å². The van der Waals surface area contributed by atoms with Crippen LogP contribution in [0.1, 0.15) is 19.4 Å². The van der Waals surface area contributed by atoms with Gasteiger partial charge in [-0.2, -0.15) is 0 Å². The molecule has 0 radical (unpaired) electrons. The van der Waals surface area contributed by atoms with Gasteiger partial charge in [0.1, 0.15) is 0 Å². The molecular weight excluding hydrogens is 178 g/mol. The summed E-state index contributed by atoms with van der Waals surface area (Å²) in [6.07, 6.45) is -0.446. The van der Waals surface area contributed by atoms with E-state index >= 15 is 0 Å². The fourth-order valence-electron chi connectivity index (χ4n) is 0.806. The lowest BCUT2D eigenvalue weighted by molar-refractivity contribution is 0.187. The predicted molar refractivity (Wildman–Crippen MR) is 58.6 cm³/mol. The molecule has 0 unspecified atom stereocenters. The zero-order valence-corrected chi connectivity index (χ0v) is 9.13. The smallest absolute Gasteiger partial charge is 0.411 e. The average Bonchev–Trinajstić information content (AvgIpc) is 2.24. The highest BCUT2D eigenvalue weighted by molar-refractivity contribution is 5.84. The first kappa shape index (κ1) is 12.5. The quantitative estimate of drug-likeness (QED) is 0.747. The molecule has 3 heteroatoms. The molecule has 0 fully saturated rings. The number of carbonyl (C=O) groups is 1. The summed E-state index contributed by atoms with van der Waals surface area (Å²) in [4.78, 5) is 10.7. The Kier molecular flexibility index (Phi) is 6.20. The van der Waals surface area contributed by atoms with Crippen LogP contribution in [0.5, 0.6) is 0 Å². The van der Waals surface area contributed by atoms with E-state index in [2.05, 4.69) is 10.1 Å². The molecule has 14 heavy (non-hydrogen) atoms. The normalized spacial score (nSPS) is 8.29. The molecule has 0 aromatic heterocycles. The van der Waals surface area contributed by atoms with Gasteiger partial charge in [0.2, 0.25) is 0 Å². The van der Waals surface area contributed by atoms with Gasteiger partial charge in [-0.1, -0.05) is 31.5 Å². The first-order valence-electron chi connectivity index (χ1n) is 4.64. The molecule has 3 nitrogen and oxygen atoms in total. The van der Waals surface area contributed by atoms with Crippen molar-refractivity contribution in [2.75, 3.05) is 12.4 Å². The van der Waals surface area contributed by atoms with E-state index in [-0.39, 0.29) is 0 Å². The number of hydrogen-bond donors (Lipinski definition) is 1. The molecule has 0 aliphatic rings. The zero-order valence-electron chi connectivity index (χ0n) is 9.13. The molecule has 0 saturated carbocycles. The minimum atomic E-state index is -0.446. The van der Waals surface area contributed by atoms with E-state index in [0.717, 1.165) is 11.3 Å². The van der Waals surface area contributed by atoms with Gasteiger partial charge < -0.3 is 4.74 Å². The summed E-state index contributed by atoms with van der Waals surface area (Å²) in [6, 6.07) is 7.50. The van der Waals surface area contributed by atoms with Crippen LogP contribution < -0.4 is 5.32 Å². The molecule has 0 saturated heterocycles. The third-order valence-corrected chi connectivity index (χ3v) is 1.48. The minimum absolute atomic E-state index is 0.446. The Bertz CT molecular complexity index is 267. The molecule has 0 bridgehead atoms. The monoisotopic (exact) mass is 195 g/mol. The van der Waals surface area contributed by atoms with E-state index in [4.69, 9.17) is 0 Å². The molecule has 0 atom stereocenters. The largest absolute Gasteiger partial charge is 0.453 e. The number of anilines is 1. The van der Waals surface area contributed by atoms with Crippen molar-refractivity contribution in [1.82, 2.24) is 0 Å². The summed E-state index contributed by atoms with van der Waals surface area (Å²) >= 11 is 0. The third kappa shape index (κ3) is 4.50. The lowest BCUT2D eigenvalue weighted by Crippen LogP contribution is -2.10. The molecule has 0 aliphatic carbocycles. The number of benzene rings is 1. The van der Waals surface area contributed by atoms with Crippen LogP contribution in [0.3, 0.4) is 0 Å². The number of amides is 1. The van der Waals surface area contributed by atoms with Crippen molar-refractivity contribution in [3.8, 4) is 0 Å². The average molecular weight is 195 g/mol. The lowest BCUT2D eigenvalue weighted by atomic mass is 10.2. The number of ether oxygens (including phenoxy) is 1. The van der Waals surface area contributed by atoms with Crippen molar-refractivity contribution < 1.29 is 9.53 Å². The first-order valence-corrected chi connectivity index (χ1v) is 4.64. The summed E-state index contributed by atoms with van der Waals surface area (Å²) in [5, 5.41) is 2.56. The van der Waals surface area contributed by atoms with Gasteiger partial charge in [0.25, 0.3) is 0 Å². The number of nitrogens with one attached hydrogen (secondary N) is 1. The van der Waals surface area contributed by atoms with Crippen molar-refractivity contribution in [3.05, 3.63) is 29.8 Å². The molecule has 0 spiro atoms. The molecular formula is C11H17NO2. The molecule has 1 N–H and O–H groups in total. The van der Waals surface area contributed by atoms with E-state index in [1.807, 2.05) is 45.0 Å². The van der Waals surface area contributed by atoms with Gasteiger partial charge in [-0.15, -0.1) is 0 Å². The summed E-state index contributed by atoms with van der Waals surface area (Å²) < 4.78 is 4.43.